The number of benzene rings is 1. The van der Waals surface area contributed by atoms with Crippen LogP contribution in [0, 0.1) is 5.92 Å². The lowest BCUT2D eigenvalue weighted by atomic mass is 9.93. The lowest BCUT2D eigenvalue weighted by Gasteiger charge is -2.34. The van der Waals surface area contributed by atoms with Crippen LogP contribution in [0.25, 0.3) is 0 Å². The fraction of sp³-hybridized carbons (Fsp3) is 0.562. The average Bonchev–Trinajstić information content (AvgIpc) is 2.55. The summed E-state index contributed by atoms with van der Waals surface area (Å²) in [5.74, 6) is -0.0187. The quantitative estimate of drug-likeness (QED) is 0.831. The van der Waals surface area contributed by atoms with Crippen molar-refractivity contribution in [3.63, 3.8) is 0 Å². The largest absolute Gasteiger partial charge is 0.352 e. The standard InChI is InChI=1S/C16H23N3O3S.ClH/c1-11(17)13-3-2-8-19(10-13)23(21,22)14-5-4-12-6-7-18-16(20)15(12)9-14;/h4-5,9,11,13H,2-3,6-8,10,17H2,1H3,(H,18,20);1H. The van der Waals surface area contributed by atoms with E-state index in [1.165, 1.54) is 10.4 Å². The number of piperidine rings is 1. The Bertz CT molecular complexity index is 721. The fourth-order valence-corrected chi connectivity index (χ4v) is 4.88. The number of rotatable bonds is 3. The molecule has 0 radical (unpaired) electrons. The highest BCUT2D eigenvalue weighted by Gasteiger charge is 2.32. The Balaban J connectivity index is 0.00000208. The third-order valence-corrected chi connectivity index (χ3v) is 6.67. The van der Waals surface area contributed by atoms with E-state index in [4.69, 9.17) is 5.73 Å². The van der Waals surface area contributed by atoms with Gasteiger partial charge in [-0.25, -0.2) is 8.42 Å². The van der Waals surface area contributed by atoms with Gasteiger partial charge in [-0.1, -0.05) is 6.07 Å². The van der Waals surface area contributed by atoms with E-state index in [-0.39, 0.29) is 35.2 Å². The fourth-order valence-electron chi connectivity index (χ4n) is 3.32. The monoisotopic (exact) mass is 373 g/mol. The van der Waals surface area contributed by atoms with Crippen LogP contribution in [0.4, 0.5) is 0 Å². The normalized spacial score (nSPS) is 22.9. The van der Waals surface area contributed by atoms with E-state index in [0.29, 0.717) is 25.2 Å². The summed E-state index contributed by atoms with van der Waals surface area (Å²) in [5, 5.41) is 2.75. The second-order valence-electron chi connectivity index (χ2n) is 6.45. The van der Waals surface area contributed by atoms with E-state index < -0.39 is 10.0 Å². The summed E-state index contributed by atoms with van der Waals surface area (Å²) in [5.41, 5.74) is 7.32. The van der Waals surface area contributed by atoms with Gasteiger partial charge in [-0.15, -0.1) is 12.4 Å². The van der Waals surface area contributed by atoms with Crippen molar-refractivity contribution >= 4 is 28.3 Å². The predicted octanol–water partition coefficient (Wildman–Crippen LogP) is 1.14. The van der Waals surface area contributed by atoms with Gasteiger partial charge >= 0.3 is 0 Å². The second-order valence-corrected chi connectivity index (χ2v) is 8.39. The molecule has 1 aromatic carbocycles. The first-order chi connectivity index (χ1) is 10.9. The van der Waals surface area contributed by atoms with Gasteiger partial charge in [0.2, 0.25) is 10.0 Å². The SMILES string of the molecule is CC(N)C1CCCN(S(=O)(=O)c2ccc3c(c2)C(=O)NCC3)C1.Cl. The minimum absolute atomic E-state index is 0. The third kappa shape index (κ3) is 3.59. The molecule has 1 fully saturated rings. The van der Waals surface area contributed by atoms with Crippen molar-refractivity contribution in [2.75, 3.05) is 19.6 Å². The molecule has 2 atom stereocenters. The van der Waals surface area contributed by atoms with Crippen LogP contribution in [-0.4, -0.2) is 44.3 Å². The van der Waals surface area contributed by atoms with Crippen LogP contribution in [-0.2, 0) is 16.4 Å². The van der Waals surface area contributed by atoms with E-state index in [1.54, 1.807) is 12.1 Å². The lowest BCUT2D eigenvalue weighted by Crippen LogP contribution is -2.45. The molecule has 6 nitrogen and oxygen atoms in total. The van der Waals surface area contributed by atoms with Gasteiger partial charge in [0.15, 0.2) is 0 Å². The summed E-state index contributed by atoms with van der Waals surface area (Å²) in [6.45, 7) is 3.47. The van der Waals surface area contributed by atoms with E-state index in [1.807, 2.05) is 6.92 Å². The topological polar surface area (TPSA) is 92.5 Å². The molecule has 3 rings (SSSR count). The van der Waals surface area contributed by atoms with E-state index in [2.05, 4.69) is 5.32 Å². The Hall–Kier alpha value is -1.15. The maximum absolute atomic E-state index is 12.9. The molecule has 2 heterocycles. The number of nitrogens with zero attached hydrogens (tertiary/aromatic N) is 1. The van der Waals surface area contributed by atoms with Crippen LogP contribution in [0.5, 0.6) is 0 Å². The molecule has 134 valence electrons. The molecule has 0 aliphatic carbocycles. The number of hydrogen-bond acceptors (Lipinski definition) is 4. The summed E-state index contributed by atoms with van der Waals surface area (Å²) in [4.78, 5) is 12.1. The molecule has 2 aliphatic heterocycles. The van der Waals surface area contributed by atoms with Crippen molar-refractivity contribution in [3.05, 3.63) is 29.3 Å². The smallest absolute Gasteiger partial charge is 0.251 e. The summed E-state index contributed by atoms with van der Waals surface area (Å²) >= 11 is 0. The molecule has 3 N–H and O–H groups in total. The highest BCUT2D eigenvalue weighted by Crippen LogP contribution is 2.27. The molecular formula is C16H24ClN3O3S. The maximum atomic E-state index is 12.9. The number of halogens is 1. The second kappa shape index (κ2) is 7.39. The molecule has 2 unspecified atom stereocenters. The summed E-state index contributed by atoms with van der Waals surface area (Å²) in [6.07, 6.45) is 2.50. The van der Waals surface area contributed by atoms with Crippen LogP contribution in [0.3, 0.4) is 0 Å². The maximum Gasteiger partial charge on any atom is 0.251 e. The number of sulfonamides is 1. The minimum atomic E-state index is -3.59. The van der Waals surface area contributed by atoms with Crippen molar-refractivity contribution in [2.24, 2.45) is 11.7 Å². The van der Waals surface area contributed by atoms with Gasteiger partial charge in [0, 0.05) is 31.2 Å². The zero-order valence-electron chi connectivity index (χ0n) is 13.7. The van der Waals surface area contributed by atoms with Crippen molar-refractivity contribution in [1.82, 2.24) is 9.62 Å². The molecule has 0 saturated carbocycles. The molecule has 0 aromatic heterocycles. The molecule has 0 spiro atoms. The number of hydrogen-bond donors (Lipinski definition) is 2. The molecule has 1 amide bonds. The molecule has 24 heavy (non-hydrogen) atoms. The minimum Gasteiger partial charge on any atom is -0.352 e. The predicted molar refractivity (Wildman–Crippen MR) is 94.9 cm³/mol. The van der Waals surface area contributed by atoms with Crippen LogP contribution < -0.4 is 11.1 Å². The van der Waals surface area contributed by atoms with Crippen LogP contribution in [0.2, 0.25) is 0 Å². The summed E-state index contributed by atoms with van der Waals surface area (Å²) in [6, 6.07) is 4.85. The number of carbonyl (C=O) groups excluding carboxylic acids is 1. The number of nitrogens with two attached hydrogens (primary N) is 1. The Labute approximate surface area is 149 Å². The first kappa shape index (κ1) is 19.2. The van der Waals surface area contributed by atoms with Crippen molar-refractivity contribution < 1.29 is 13.2 Å². The molecule has 1 saturated heterocycles. The Kier molecular flexibility index (Phi) is 5.91. The van der Waals surface area contributed by atoms with Gasteiger partial charge in [-0.05, 0) is 49.8 Å². The van der Waals surface area contributed by atoms with Gasteiger partial charge in [0.1, 0.15) is 0 Å². The van der Waals surface area contributed by atoms with Gasteiger partial charge in [0.25, 0.3) is 5.91 Å². The molecule has 0 bridgehead atoms. The first-order valence-corrected chi connectivity index (χ1v) is 9.50. The van der Waals surface area contributed by atoms with Gasteiger partial charge in [-0.2, -0.15) is 4.31 Å². The van der Waals surface area contributed by atoms with E-state index in [9.17, 15) is 13.2 Å². The molecular weight excluding hydrogens is 350 g/mol. The molecule has 1 aromatic rings. The number of nitrogens with one attached hydrogen (secondary N) is 1. The Morgan fingerprint density at radius 3 is 2.83 bits per heavy atom. The summed E-state index contributed by atoms with van der Waals surface area (Å²) < 4.78 is 27.3. The number of carbonyl (C=O) groups is 1. The highest BCUT2D eigenvalue weighted by molar-refractivity contribution is 7.89. The van der Waals surface area contributed by atoms with Crippen molar-refractivity contribution in [3.8, 4) is 0 Å². The zero-order valence-corrected chi connectivity index (χ0v) is 15.3. The number of amides is 1. The van der Waals surface area contributed by atoms with E-state index >= 15 is 0 Å². The van der Waals surface area contributed by atoms with Gasteiger partial charge in [-0.3, -0.25) is 4.79 Å². The van der Waals surface area contributed by atoms with Crippen molar-refractivity contribution in [2.45, 2.75) is 37.1 Å². The Morgan fingerprint density at radius 1 is 1.38 bits per heavy atom. The highest BCUT2D eigenvalue weighted by atomic mass is 35.5. The molecule has 2 aliphatic rings. The Morgan fingerprint density at radius 2 is 2.12 bits per heavy atom. The first-order valence-electron chi connectivity index (χ1n) is 8.06. The molecule has 8 heteroatoms. The lowest BCUT2D eigenvalue weighted by molar-refractivity contribution is 0.0945. The van der Waals surface area contributed by atoms with Crippen LogP contribution in [0.15, 0.2) is 23.1 Å². The van der Waals surface area contributed by atoms with Gasteiger partial charge in [0.05, 0.1) is 4.90 Å². The zero-order chi connectivity index (χ0) is 16.6. The van der Waals surface area contributed by atoms with Crippen molar-refractivity contribution in [1.29, 1.82) is 0 Å². The van der Waals surface area contributed by atoms with Crippen LogP contribution >= 0.6 is 12.4 Å². The van der Waals surface area contributed by atoms with E-state index in [0.717, 1.165) is 24.8 Å². The van der Waals surface area contributed by atoms with Crippen LogP contribution in [0.1, 0.15) is 35.7 Å². The third-order valence-electron chi connectivity index (χ3n) is 4.81. The summed E-state index contributed by atoms with van der Waals surface area (Å²) in [7, 11) is -3.59. The van der Waals surface area contributed by atoms with Gasteiger partial charge < -0.3 is 11.1 Å². The average molecular weight is 374 g/mol. The number of fused-ring (bicyclic) bond motifs is 1.